The summed E-state index contributed by atoms with van der Waals surface area (Å²) in [6, 6.07) is 17.8. The van der Waals surface area contributed by atoms with Crippen molar-refractivity contribution < 1.29 is 33.8 Å². The monoisotopic (exact) mass is 808 g/mol. The predicted molar refractivity (Wildman–Crippen MR) is 213 cm³/mol. The van der Waals surface area contributed by atoms with E-state index < -0.39 is 29.7 Å². The van der Waals surface area contributed by atoms with E-state index in [0.29, 0.717) is 57.7 Å². The van der Waals surface area contributed by atoms with E-state index in [1.54, 1.807) is 48.4 Å². The van der Waals surface area contributed by atoms with E-state index in [1.165, 1.54) is 26.9 Å². The second-order valence-electron chi connectivity index (χ2n) is 14.7. The fourth-order valence-electron chi connectivity index (χ4n) is 8.21. The van der Waals surface area contributed by atoms with Crippen LogP contribution >= 0.6 is 11.6 Å². The lowest BCUT2D eigenvalue weighted by molar-refractivity contribution is -0.149. The number of aromatic amines is 1. The first-order chi connectivity index (χ1) is 28.1. The van der Waals surface area contributed by atoms with Crippen molar-refractivity contribution in [3.63, 3.8) is 0 Å². The number of ether oxygens (including phenoxy) is 1. The van der Waals surface area contributed by atoms with Gasteiger partial charge in [-0.25, -0.2) is 4.79 Å². The van der Waals surface area contributed by atoms with E-state index in [9.17, 15) is 29.1 Å². The van der Waals surface area contributed by atoms with Crippen molar-refractivity contribution in [1.82, 2.24) is 35.0 Å². The van der Waals surface area contributed by atoms with Crippen molar-refractivity contribution >= 4 is 69.2 Å². The molecule has 58 heavy (non-hydrogen) atoms. The molecule has 4 heterocycles. The summed E-state index contributed by atoms with van der Waals surface area (Å²) in [4.78, 5) is 76.6. The molecule has 0 bridgehead atoms. The van der Waals surface area contributed by atoms with Gasteiger partial charge >= 0.3 is 17.8 Å². The van der Waals surface area contributed by atoms with Crippen LogP contribution in [0.5, 0.6) is 0 Å². The zero-order valence-corrected chi connectivity index (χ0v) is 32.3. The minimum atomic E-state index is -1.13. The van der Waals surface area contributed by atoms with Gasteiger partial charge in [0.15, 0.2) is 0 Å². The van der Waals surface area contributed by atoms with Crippen LogP contribution in [0.3, 0.4) is 0 Å². The molecule has 300 valence electrons. The normalized spacial score (nSPS) is 19.8. The molecule has 3 aliphatic rings. The standard InChI is InChI=1S/C40H41ClN10O7/c1-58-30-10-8-28(9-11-30)47-14-15-48(36(52)22-47)29-6-2-24(3-7-29)18-35(37(53)43-27-5-12-31-25(19-27)20-32(44-31)40(56)57)50-17-16-49(38(54)39(50)55)34-21-26(41)4-13-33(34)51-23-42-45-46-51/h2-7,12-13,19-21,23,28,30,35,44H,8-11,14-18,22H2,1H3,(H,43,53)(H,56,57). The molecule has 3 fully saturated rings. The van der Waals surface area contributed by atoms with Crippen LogP contribution in [0, 0.1) is 0 Å². The van der Waals surface area contributed by atoms with Crippen molar-refractivity contribution in [2.75, 3.05) is 55.0 Å². The lowest BCUT2D eigenvalue weighted by Crippen LogP contribution is -2.60. The lowest BCUT2D eigenvalue weighted by Gasteiger charge is -2.41. The van der Waals surface area contributed by atoms with Gasteiger partial charge < -0.3 is 34.8 Å². The first kappa shape index (κ1) is 38.7. The van der Waals surface area contributed by atoms with Crippen molar-refractivity contribution in [2.45, 2.75) is 50.3 Å². The summed E-state index contributed by atoms with van der Waals surface area (Å²) in [5, 5.41) is 24.5. The molecule has 1 unspecified atom stereocenters. The zero-order valence-electron chi connectivity index (χ0n) is 31.6. The summed E-state index contributed by atoms with van der Waals surface area (Å²) in [7, 11) is 1.75. The van der Waals surface area contributed by atoms with Crippen LogP contribution in [0.1, 0.15) is 41.7 Å². The number of carbonyl (C=O) groups excluding carboxylic acids is 4. The van der Waals surface area contributed by atoms with Crippen LogP contribution in [0.15, 0.2) is 73.1 Å². The second-order valence-corrected chi connectivity index (χ2v) is 15.1. The van der Waals surface area contributed by atoms with E-state index in [-0.39, 0.29) is 37.2 Å². The van der Waals surface area contributed by atoms with Crippen LogP contribution in [0.2, 0.25) is 5.02 Å². The van der Waals surface area contributed by atoms with Crippen molar-refractivity contribution in [1.29, 1.82) is 0 Å². The third kappa shape index (κ3) is 7.88. The Hall–Kier alpha value is -6.17. The SMILES string of the molecule is COC1CCC(N2CCN(c3ccc(CC(C(=O)Nc4ccc5[nH]c(C(=O)O)cc5c4)N4CCN(c5cc(Cl)ccc5-n5cnnn5)C(=O)C4=O)cc3)C(=O)C2)CC1. The largest absolute Gasteiger partial charge is 0.477 e. The number of piperazine rings is 2. The highest BCUT2D eigenvalue weighted by Gasteiger charge is 2.41. The first-order valence-corrected chi connectivity index (χ1v) is 19.4. The Morgan fingerprint density at radius 2 is 1.69 bits per heavy atom. The lowest BCUT2D eigenvalue weighted by atomic mass is 9.91. The molecule has 1 atom stereocenters. The third-order valence-electron chi connectivity index (χ3n) is 11.3. The molecule has 2 aromatic heterocycles. The molecule has 3 N–H and O–H groups in total. The Morgan fingerprint density at radius 1 is 0.914 bits per heavy atom. The van der Waals surface area contributed by atoms with Gasteiger partial charge in [-0.3, -0.25) is 24.1 Å². The number of rotatable bonds is 11. The van der Waals surface area contributed by atoms with Gasteiger partial charge in [0.25, 0.3) is 0 Å². The maximum absolute atomic E-state index is 14.2. The van der Waals surface area contributed by atoms with E-state index in [4.69, 9.17) is 16.3 Å². The van der Waals surface area contributed by atoms with Crippen LogP contribution in [-0.2, 0) is 30.3 Å². The highest BCUT2D eigenvalue weighted by Crippen LogP contribution is 2.31. The molecule has 8 rings (SSSR count). The number of nitrogens with zero attached hydrogens (tertiary/aromatic N) is 8. The molecular weight excluding hydrogens is 768 g/mol. The van der Waals surface area contributed by atoms with Gasteiger partial charge in [-0.05, 0) is 96.3 Å². The first-order valence-electron chi connectivity index (χ1n) is 19.0. The van der Waals surface area contributed by atoms with Crippen LogP contribution in [-0.4, -0.2) is 128 Å². The molecule has 0 radical (unpaired) electrons. The maximum Gasteiger partial charge on any atom is 0.352 e. The molecule has 1 aliphatic carbocycles. The predicted octanol–water partition coefficient (Wildman–Crippen LogP) is 3.53. The molecule has 3 aromatic carbocycles. The number of halogens is 1. The van der Waals surface area contributed by atoms with Gasteiger partial charge in [0.1, 0.15) is 18.1 Å². The topological polar surface area (TPSA) is 199 Å². The number of aromatic nitrogens is 5. The highest BCUT2D eigenvalue weighted by atomic mass is 35.5. The number of methoxy groups -OCH3 is 1. The van der Waals surface area contributed by atoms with E-state index >= 15 is 0 Å². The minimum absolute atomic E-state index is 0.00170. The Kier molecular flexibility index (Phi) is 10.9. The Balaban J connectivity index is 1.02. The number of amides is 4. The zero-order chi connectivity index (χ0) is 40.5. The number of anilines is 3. The number of tetrazole rings is 1. The van der Waals surface area contributed by atoms with Crippen molar-refractivity contribution in [3.05, 3.63) is 89.3 Å². The number of hydrogen-bond acceptors (Lipinski definition) is 10. The third-order valence-corrected chi connectivity index (χ3v) is 11.5. The Bertz CT molecular complexity index is 2360. The van der Waals surface area contributed by atoms with Gasteiger partial charge in [0.05, 0.1) is 24.0 Å². The number of carbonyl (C=O) groups is 5. The minimum Gasteiger partial charge on any atom is -0.477 e. The number of nitrogens with one attached hydrogen (secondary N) is 2. The number of carboxylic acid groups (broad SMARTS) is 1. The number of hydrogen-bond donors (Lipinski definition) is 3. The number of H-pyrrole nitrogens is 1. The molecular formula is C40H41ClN10O7. The van der Waals surface area contributed by atoms with Crippen LogP contribution in [0.25, 0.3) is 16.6 Å². The number of benzene rings is 3. The summed E-state index contributed by atoms with van der Waals surface area (Å²) >= 11 is 6.33. The molecule has 0 spiro atoms. The summed E-state index contributed by atoms with van der Waals surface area (Å²) < 4.78 is 6.88. The maximum atomic E-state index is 14.2. The summed E-state index contributed by atoms with van der Waals surface area (Å²) in [6.07, 6.45) is 5.70. The van der Waals surface area contributed by atoms with Gasteiger partial charge in [0.2, 0.25) is 11.8 Å². The van der Waals surface area contributed by atoms with E-state index in [2.05, 4.69) is 30.7 Å². The molecule has 17 nitrogen and oxygen atoms in total. The number of aromatic carboxylic acids is 1. The molecule has 5 aromatic rings. The average Bonchev–Trinajstić information content (AvgIpc) is 3.93. The summed E-state index contributed by atoms with van der Waals surface area (Å²) in [6.45, 7) is 1.70. The van der Waals surface area contributed by atoms with Crippen molar-refractivity contribution in [2.24, 2.45) is 0 Å². The highest BCUT2D eigenvalue weighted by molar-refractivity contribution is 6.41. The molecule has 2 aliphatic heterocycles. The number of fused-ring (bicyclic) bond motifs is 1. The van der Waals surface area contributed by atoms with Crippen LogP contribution < -0.4 is 15.1 Å². The fourth-order valence-corrected chi connectivity index (χ4v) is 8.37. The van der Waals surface area contributed by atoms with Gasteiger partial charge in [-0.15, -0.1) is 5.10 Å². The van der Waals surface area contributed by atoms with Crippen molar-refractivity contribution in [3.8, 4) is 5.69 Å². The van der Waals surface area contributed by atoms with E-state index in [0.717, 1.165) is 37.9 Å². The smallest absolute Gasteiger partial charge is 0.352 e. The average molecular weight is 809 g/mol. The van der Waals surface area contributed by atoms with Gasteiger partial charge in [-0.2, -0.15) is 4.68 Å². The van der Waals surface area contributed by atoms with E-state index in [1.807, 2.05) is 24.3 Å². The molecule has 2 saturated heterocycles. The quantitative estimate of drug-likeness (QED) is 0.165. The number of carboxylic acids is 1. The van der Waals surface area contributed by atoms with Gasteiger partial charge in [0, 0.05) is 73.1 Å². The second kappa shape index (κ2) is 16.4. The molecule has 4 amide bonds. The van der Waals surface area contributed by atoms with Crippen LogP contribution in [0.4, 0.5) is 17.1 Å². The molecule has 1 saturated carbocycles. The Labute approximate surface area is 337 Å². The summed E-state index contributed by atoms with van der Waals surface area (Å²) in [5.41, 5.74) is 3.13. The fraction of sp³-hybridized carbons (Fsp3) is 0.350. The summed E-state index contributed by atoms with van der Waals surface area (Å²) in [5.74, 6) is -3.41. The molecule has 18 heteroatoms. The van der Waals surface area contributed by atoms with Gasteiger partial charge in [-0.1, -0.05) is 23.7 Å². The Morgan fingerprint density at radius 3 is 2.40 bits per heavy atom.